The van der Waals surface area contributed by atoms with Crippen molar-refractivity contribution in [2.75, 3.05) is 32.9 Å². The first kappa shape index (κ1) is 13.3. The zero-order chi connectivity index (χ0) is 13.0. The lowest BCUT2D eigenvalue weighted by Gasteiger charge is -2.41. The average molecular weight is 253 g/mol. The van der Waals surface area contributed by atoms with E-state index in [0.717, 1.165) is 25.9 Å². The summed E-state index contributed by atoms with van der Waals surface area (Å²) in [5, 5.41) is 8.93. The molecule has 2 unspecified atom stereocenters. The Morgan fingerprint density at radius 3 is 3.00 bits per heavy atom. The molecule has 2 aliphatic heterocycles. The number of carboxylic acid groups (broad SMARTS) is 1. The fourth-order valence-corrected chi connectivity index (χ4v) is 2.78. The number of carbonyl (C=O) groups is 1. The zero-order valence-corrected chi connectivity index (χ0v) is 10.4. The van der Waals surface area contributed by atoms with Crippen molar-refractivity contribution in [3.8, 4) is 12.3 Å². The SMILES string of the molecule is C#CCN(CC(=O)O)C1CCOC2(CCOC2)C1. The second-order valence-electron chi connectivity index (χ2n) is 4.98. The molecule has 0 aromatic heterocycles. The lowest BCUT2D eigenvalue weighted by molar-refractivity contribution is -0.141. The summed E-state index contributed by atoms with van der Waals surface area (Å²) < 4.78 is 11.2. The van der Waals surface area contributed by atoms with Crippen LogP contribution in [0, 0.1) is 12.3 Å². The highest BCUT2D eigenvalue weighted by atomic mass is 16.6. The first-order valence-corrected chi connectivity index (χ1v) is 6.26. The van der Waals surface area contributed by atoms with Crippen LogP contribution in [0.15, 0.2) is 0 Å². The molecule has 0 aliphatic carbocycles. The maximum absolute atomic E-state index is 10.9. The predicted octanol–water partition coefficient (Wildman–Crippen LogP) is 0.344. The minimum Gasteiger partial charge on any atom is -0.480 e. The smallest absolute Gasteiger partial charge is 0.317 e. The fourth-order valence-electron chi connectivity index (χ4n) is 2.78. The Labute approximate surface area is 107 Å². The van der Waals surface area contributed by atoms with E-state index in [1.165, 1.54) is 0 Å². The standard InChI is InChI=1S/C13H19NO4/c1-2-5-14(9-12(15)16)11-3-6-18-13(8-11)4-7-17-10-13/h1,11H,3-10H2,(H,15,16). The largest absolute Gasteiger partial charge is 0.480 e. The van der Waals surface area contributed by atoms with E-state index in [1.807, 2.05) is 4.90 Å². The van der Waals surface area contributed by atoms with Gasteiger partial charge in [-0.25, -0.2) is 0 Å². The van der Waals surface area contributed by atoms with Crippen LogP contribution in [0.4, 0.5) is 0 Å². The summed E-state index contributed by atoms with van der Waals surface area (Å²) in [7, 11) is 0. The van der Waals surface area contributed by atoms with Crippen LogP contribution in [0.25, 0.3) is 0 Å². The van der Waals surface area contributed by atoms with Gasteiger partial charge in [0.15, 0.2) is 0 Å². The van der Waals surface area contributed by atoms with E-state index in [0.29, 0.717) is 19.8 Å². The van der Waals surface area contributed by atoms with Gasteiger partial charge in [0.05, 0.1) is 25.3 Å². The molecule has 5 nitrogen and oxygen atoms in total. The molecule has 0 aromatic rings. The van der Waals surface area contributed by atoms with Crippen molar-refractivity contribution < 1.29 is 19.4 Å². The molecule has 0 radical (unpaired) electrons. The predicted molar refractivity (Wildman–Crippen MR) is 65.2 cm³/mol. The second-order valence-corrected chi connectivity index (χ2v) is 4.98. The molecule has 0 bridgehead atoms. The number of terminal acetylenes is 1. The van der Waals surface area contributed by atoms with Gasteiger partial charge >= 0.3 is 5.97 Å². The minimum atomic E-state index is -0.839. The Morgan fingerprint density at radius 1 is 1.56 bits per heavy atom. The van der Waals surface area contributed by atoms with Gasteiger partial charge in [-0.3, -0.25) is 9.69 Å². The molecule has 18 heavy (non-hydrogen) atoms. The van der Waals surface area contributed by atoms with Crippen molar-refractivity contribution >= 4 is 5.97 Å². The van der Waals surface area contributed by atoms with E-state index < -0.39 is 5.97 Å². The van der Waals surface area contributed by atoms with Crippen LogP contribution in [0.1, 0.15) is 19.3 Å². The van der Waals surface area contributed by atoms with Crippen LogP contribution < -0.4 is 0 Å². The summed E-state index contributed by atoms with van der Waals surface area (Å²) in [6, 6.07) is 0.174. The number of hydrogen-bond acceptors (Lipinski definition) is 4. The van der Waals surface area contributed by atoms with Crippen molar-refractivity contribution in [2.24, 2.45) is 0 Å². The number of rotatable bonds is 4. The summed E-state index contributed by atoms with van der Waals surface area (Å²) >= 11 is 0. The van der Waals surface area contributed by atoms with E-state index in [1.54, 1.807) is 0 Å². The van der Waals surface area contributed by atoms with Gasteiger partial charge in [0.1, 0.15) is 0 Å². The van der Waals surface area contributed by atoms with Crippen LogP contribution in [0.3, 0.4) is 0 Å². The van der Waals surface area contributed by atoms with Crippen LogP contribution in [0.5, 0.6) is 0 Å². The summed E-state index contributed by atoms with van der Waals surface area (Å²) in [5.41, 5.74) is -0.214. The number of aliphatic carboxylic acids is 1. The normalized spacial score (nSPS) is 31.7. The Hall–Kier alpha value is -1.09. The molecule has 2 atom stereocenters. The van der Waals surface area contributed by atoms with Crippen LogP contribution >= 0.6 is 0 Å². The molecule has 0 saturated carbocycles. The fraction of sp³-hybridized carbons (Fsp3) is 0.769. The Morgan fingerprint density at radius 2 is 2.39 bits per heavy atom. The van der Waals surface area contributed by atoms with Gasteiger partial charge in [0.25, 0.3) is 0 Å². The highest BCUT2D eigenvalue weighted by Gasteiger charge is 2.42. The molecule has 1 spiro atoms. The third kappa shape index (κ3) is 3.02. The third-order valence-corrected chi connectivity index (χ3v) is 3.68. The van der Waals surface area contributed by atoms with Gasteiger partial charge in [0.2, 0.25) is 0 Å². The summed E-state index contributed by atoms with van der Waals surface area (Å²) in [4.78, 5) is 12.7. The summed E-state index contributed by atoms with van der Waals surface area (Å²) in [5.74, 6) is 1.70. The minimum absolute atomic E-state index is 0.00813. The van der Waals surface area contributed by atoms with Crippen molar-refractivity contribution in [3.05, 3.63) is 0 Å². The van der Waals surface area contributed by atoms with E-state index in [9.17, 15) is 4.79 Å². The van der Waals surface area contributed by atoms with Crippen molar-refractivity contribution in [1.82, 2.24) is 4.90 Å². The summed E-state index contributed by atoms with van der Waals surface area (Å²) in [6.07, 6.45) is 7.84. The molecule has 2 aliphatic rings. The van der Waals surface area contributed by atoms with Crippen LogP contribution in [-0.2, 0) is 14.3 Å². The van der Waals surface area contributed by atoms with Crippen LogP contribution in [-0.4, -0.2) is 60.5 Å². The van der Waals surface area contributed by atoms with Gasteiger partial charge in [-0.1, -0.05) is 5.92 Å². The first-order chi connectivity index (χ1) is 8.65. The molecule has 2 rings (SSSR count). The molecule has 5 heteroatoms. The quantitative estimate of drug-likeness (QED) is 0.732. The van der Waals surface area contributed by atoms with Crippen LogP contribution in [0.2, 0.25) is 0 Å². The Balaban J connectivity index is 2.01. The lowest BCUT2D eigenvalue weighted by Crippen LogP contribution is -2.50. The number of ether oxygens (including phenoxy) is 2. The molecular formula is C13H19NO4. The lowest BCUT2D eigenvalue weighted by atomic mass is 9.89. The average Bonchev–Trinajstić information content (AvgIpc) is 2.76. The maximum Gasteiger partial charge on any atom is 0.317 e. The zero-order valence-electron chi connectivity index (χ0n) is 10.4. The molecule has 1 N–H and O–H groups in total. The molecule has 0 amide bonds. The van der Waals surface area contributed by atoms with E-state index in [4.69, 9.17) is 21.0 Å². The Bertz CT molecular complexity index is 343. The highest BCUT2D eigenvalue weighted by molar-refractivity contribution is 5.69. The maximum atomic E-state index is 10.9. The van der Waals surface area contributed by atoms with Gasteiger partial charge in [0, 0.05) is 25.7 Å². The van der Waals surface area contributed by atoms with E-state index in [-0.39, 0.29) is 18.2 Å². The van der Waals surface area contributed by atoms with Crippen molar-refractivity contribution in [1.29, 1.82) is 0 Å². The molecule has 100 valence electrons. The summed E-state index contributed by atoms with van der Waals surface area (Å²) in [6.45, 7) is 2.34. The molecule has 0 aromatic carbocycles. The first-order valence-electron chi connectivity index (χ1n) is 6.26. The monoisotopic (exact) mass is 253 g/mol. The van der Waals surface area contributed by atoms with Crippen molar-refractivity contribution in [3.63, 3.8) is 0 Å². The van der Waals surface area contributed by atoms with Gasteiger partial charge in [-0.15, -0.1) is 6.42 Å². The van der Waals surface area contributed by atoms with Gasteiger partial charge in [-0.2, -0.15) is 0 Å². The van der Waals surface area contributed by atoms with E-state index in [2.05, 4.69) is 5.92 Å². The number of carboxylic acids is 1. The molecule has 2 heterocycles. The van der Waals surface area contributed by atoms with E-state index >= 15 is 0 Å². The van der Waals surface area contributed by atoms with Crippen molar-refractivity contribution in [2.45, 2.75) is 30.9 Å². The third-order valence-electron chi connectivity index (χ3n) is 3.68. The topological polar surface area (TPSA) is 59.0 Å². The van der Waals surface area contributed by atoms with Gasteiger partial charge in [-0.05, 0) is 12.8 Å². The number of hydrogen-bond donors (Lipinski definition) is 1. The second kappa shape index (κ2) is 5.70. The molecule has 2 saturated heterocycles. The number of nitrogens with zero attached hydrogens (tertiary/aromatic N) is 1. The van der Waals surface area contributed by atoms with Gasteiger partial charge < -0.3 is 14.6 Å². The Kier molecular flexibility index (Phi) is 4.23. The molecular weight excluding hydrogens is 234 g/mol. The molecule has 2 fully saturated rings. The highest BCUT2D eigenvalue weighted by Crippen LogP contribution is 2.34.